The predicted octanol–water partition coefficient (Wildman–Crippen LogP) is 3.72. The van der Waals surface area contributed by atoms with Crippen LogP contribution in [0.15, 0.2) is 70.7 Å². The van der Waals surface area contributed by atoms with Gasteiger partial charge in [-0.3, -0.25) is 5.01 Å². The lowest BCUT2D eigenvalue weighted by Gasteiger charge is -2.26. The first-order valence-corrected chi connectivity index (χ1v) is 12.3. The van der Waals surface area contributed by atoms with Gasteiger partial charge in [0, 0.05) is 18.1 Å². The van der Waals surface area contributed by atoms with Gasteiger partial charge in [-0.1, -0.05) is 0 Å². The molecule has 0 spiro atoms. The smallest absolute Gasteiger partial charge is 0.238 e. The number of primary sulfonamides is 1. The zero-order chi connectivity index (χ0) is 25.2. The lowest BCUT2D eigenvalue weighted by molar-refractivity contribution is 0.346. The van der Waals surface area contributed by atoms with E-state index >= 15 is 0 Å². The van der Waals surface area contributed by atoms with Crippen molar-refractivity contribution in [2.24, 2.45) is 10.2 Å². The molecular formula is C25H27N3O6S. The minimum atomic E-state index is -3.81. The second-order valence-electron chi connectivity index (χ2n) is 7.83. The highest BCUT2D eigenvalue weighted by molar-refractivity contribution is 7.89. The van der Waals surface area contributed by atoms with Crippen molar-refractivity contribution < 1.29 is 27.4 Å². The van der Waals surface area contributed by atoms with E-state index in [0.29, 0.717) is 29.4 Å². The number of hydrogen-bond donors (Lipinski definition) is 1. The minimum absolute atomic E-state index is 0.0278. The van der Waals surface area contributed by atoms with Gasteiger partial charge >= 0.3 is 0 Å². The Morgan fingerprint density at radius 1 is 0.829 bits per heavy atom. The Hall–Kier alpha value is -3.76. The zero-order valence-corrected chi connectivity index (χ0v) is 20.7. The number of methoxy groups -OCH3 is 4. The lowest BCUT2D eigenvalue weighted by atomic mass is 9.96. The second-order valence-corrected chi connectivity index (χ2v) is 9.39. The van der Waals surface area contributed by atoms with E-state index in [1.165, 1.54) is 12.1 Å². The number of rotatable bonds is 8. The molecule has 0 radical (unpaired) electrons. The van der Waals surface area contributed by atoms with Crippen LogP contribution in [0.1, 0.15) is 23.6 Å². The van der Waals surface area contributed by atoms with Crippen molar-refractivity contribution in [3.8, 4) is 23.0 Å². The normalized spacial score (nSPS) is 15.5. The van der Waals surface area contributed by atoms with Crippen LogP contribution in [0, 0.1) is 0 Å². The van der Waals surface area contributed by atoms with Crippen molar-refractivity contribution in [2.75, 3.05) is 33.4 Å². The molecule has 9 nitrogen and oxygen atoms in total. The summed E-state index contributed by atoms with van der Waals surface area (Å²) in [6, 6.07) is 17.4. The van der Waals surface area contributed by atoms with Crippen LogP contribution in [0.25, 0.3) is 0 Å². The molecular weight excluding hydrogens is 470 g/mol. The molecule has 10 heteroatoms. The van der Waals surface area contributed by atoms with E-state index in [9.17, 15) is 8.42 Å². The topological polar surface area (TPSA) is 113 Å². The number of sulfonamides is 1. The lowest BCUT2D eigenvalue weighted by Crippen LogP contribution is -2.20. The quantitative estimate of drug-likeness (QED) is 0.505. The molecule has 3 aromatic rings. The highest BCUT2D eigenvalue weighted by atomic mass is 32.2. The largest absolute Gasteiger partial charge is 0.497 e. The second kappa shape index (κ2) is 9.85. The molecule has 1 atom stereocenters. The van der Waals surface area contributed by atoms with Crippen LogP contribution in [0.4, 0.5) is 5.69 Å². The van der Waals surface area contributed by atoms with Crippen molar-refractivity contribution in [2.45, 2.75) is 17.4 Å². The molecule has 35 heavy (non-hydrogen) atoms. The number of benzene rings is 3. The number of hydrogen-bond acceptors (Lipinski definition) is 8. The molecule has 184 valence electrons. The molecule has 0 aliphatic carbocycles. The number of ether oxygens (including phenoxy) is 4. The Morgan fingerprint density at radius 2 is 1.43 bits per heavy atom. The van der Waals surface area contributed by atoms with E-state index in [1.807, 2.05) is 35.3 Å². The number of nitrogens with zero attached hydrogens (tertiary/aromatic N) is 2. The molecule has 0 saturated carbocycles. The SMILES string of the molecule is COc1ccc(C2=NN(c3ccc(S(N)(=O)=O)cc3)C(c3cc(OC)c(OC)cc3OC)C2)cc1. The fraction of sp³-hybridized carbons (Fsp3) is 0.240. The molecule has 1 unspecified atom stereocenters. The van der Waals surface area contributed by atoms with Gasteiger partial charge < -0.3 is 18.9 Å². The fourth-order valence-electron chi connectivity index (χ4n) is 4.05. The average molecular weight is 498 g/mol. The standard InChI is InChI=1S/C25H27N3O6S/c1-31-18-9-5-16(6-10-18)21-14-22(20-13-24(33-3)25(34-4)15-23(20)32-2)28(27-21)17-7-11-19(12-8-17)35(26,29)30/h5-13,15,22H,14H2,1-4H3,(H2,26,29,30). The molecule has 3 aromatic carbocycles. The van der Waals surface area contributed by atoms with E-state index in [1.54, 1.807) is 46.6 Å². The Balaban J connectivity index is 1.82. The Kier molecular flexibility index (Phi) is 6.86. The Morgan fingerprint density at radius 3 is 1.97 bits per heavy atom. The van der Waals surface area contributed by atoms with E-state index < -0.39 is 10.0 Å². The molecule has 2 N–H and O–H groups in total. The molecule has 0 aromatic heterocycles. The van der Waals surface area contributed by atoms with Crippen molar-refractivity contribution in [3.05, 3.63) is 71.8 Å². The van der Waals surface area contributed by atoms with Crippen LogP contribution in [0.5, 0.6) is 23.0 Å². The van der Waals surface area contributed by atoms with Crippen LogP contribution >= 0.6 is 0 Å². The van der Waals surface area contributed by atoms with Crippen LogP contribution in [0.2, 0.25) is 0 Å². The highest BCUT2D eigenvalue weighted by Crippen LogP contribution is 2.44. The Labute approximate surface area is 204 Å². The molecule has 0 bridgehead atoms. The van der Waals surface area contributed by atoms with Crippen LogP contribution < -0.4 is 29.1 Å². The molecule has 0 fully saturated rings. The minimum Gasteiger partial charge on any atom is -0.497 e. The molecule has 0 saturated heterocycles. The van der Waals surface area contributed by atoms with Crippen molar-refractivity contribution in [3.63, 3.8) is 0 Å². The summed E-state index contributed by atoms with van der Waals surface area (Å²) >= 11 is 0. The highest BCUT2D eigenvalue weighted by Gasteiger charge is 2.33. The maximum atomic E-state index is 11.7. The monoisotopic (exact) mass is 497 g/mol. The molecule has 1 aliphatic heterocycles. The van der Waals surface area contributed by atoms with Gasteiger partial charge in [-0.15, -0.1) is 0 Å². The van der Waals surface area contributed by atoms with Crippen LogP contribution in [-0.4, -0.2) is 42.6 Å². The summed E-state index contributed by atoms with van der Waals surface area (Å²) in [5.74, 6) is 2.48. The van der Waals surface area contributed by atoms with E-state index in [-0.39, 0.29) is 10.9 Å². The van der Waals surface area contributed by atoms with Gasteiger partial charge in [-0.25, -0.2) is 13.6 Å². The summed E-state index contributed by atoms with van der Waals surface area (Å²) in [6.07, 6.45) is 0.565. The predicted molar refractivity (Wildman–Crippen MR) is 133 cm³/mol. The molecule has 1 aliphatic rings. The fourth-order valence-corrected chi connectivity index (χ4v) is 4.57. The summed E-state index contributed by atoms with van der Waals surface area (Å²) in [7, 11) is 2.54. The first kappa shape index (κ1) is 24.4. The third kappa shape index (κ3) is 4.89. The number of anilines is 1. The van der Waals surface area contributed by atoms with Crippen LogP contribution in [-0.2, 0) is 10.0 Å². The summed E-state index contributed by atoms with van der Waals surface area (Å²) in [4.78, 5) is 0.0278. The summed E-state index contributed by atoms with van der Waals surface area (Å²) in [6.45, 7) is 0. The maximum absolute atomic E-state index is 11.7. The van der Waals surface area contributed by atoms with Gasteiger partial charge in [0.05, 0.1) is 50.8 Å². The maximum Gasteiger partial charge on any atom is 0.238 e. The third-order valence-electron chi connectivity index (χ3n) is 5.86. The Bertz CT molecular complexity index is 1340. The summed E-state index contributed by atoms with van der Waals surface area (Å²) < 4.78 is 45.4. The van der Waals surface area contributed by atoms with Gasteiger partial charge in [0.25, 0.3) is 0 Å². The average Bonchev–Trinajstić information content (AvgIpc) is 3.32. The van der Waals surface area contributed by atoms with Crippen molar-refractivity contribution in [1.82, 2.24) is 0 Å². The van der Waals surface area contributed by atoms with E-state index in [2.05, 4.69) is 0 Å². The molecule has 0 amide bonds. The first-order valence-electron chi connectivity index (χ1n) is 10.7. The van der Waals surface area contributed by atoms with Gasteiger partial charge in [0.1, 0.15) is 11.5 Å². The molecule has 4 rings (SSSR count). The summed E-state index contributed by atoms with van der Waals surface area (Å²) in [5, 5.41) is 12.0. The van der Waals surface area contributed by atoms with Gasteiger partial charge in [0.15, 0.2) is 11.5 Å². The van der Waals surface area contributed by atoms with Crippen molar-refractivity contribution >= 4 is 21.4 Å². The summed E-state index contributed by atoms with van der Waals surface area (Å²) in [5.41, 5.74) is 3.33. The number of nitrogens with two attached hydrogens (primary N) is 1. The van der Waals surface area contributed by atoms with E-state index in [0.717, 1.165) is 22.6 Å². The molecule has 1 heterocycles. The van der Waals surface area contributed by atoms with Gasteiger partial charge in [0.2, 0.25) is 10.0 Å². The van der Waals surface area contributed by atoms with Gasteiger partial charge in [-0.05, 0) is 60.2 Å². The third-order valence-corrected chi connectivity index (χ3v) is 6.79. The van der Waals surface area contributed by atoms with Crippen molar-refractivity contribution in [1.29, 1.82) is 0 Å². The van der Waals surface area contributed by atoms with E-state index in [4.69, 9.17) is 29.2 Å². The first-order chi connectivity index (χ1) is 16.8. The zero-order valence-electron chi connectivity index (χ0n) is 19.9. The van der Waals surface area contributed by atoms with Gasteiger partial charge in [-0.2, -0.15) is 5.10 Å². The van der Waals surface area contributed by atoms with Crippen LogP contribution in [0.3, 0.4) is 0 Å². The number of hydrazone groups is 1.